The van der Waals surface area contributed by atoms with Gasteiger partial charge >= 0.3 is 11.9 Å². The van der Waals surface area contributed by atoms with Crippen LogP contribution in [0.3, 0.4) is 0 Å². The summed E-state index contributed by atoms with van der Waals surface area (Å²) in [5.41, 5.74) is 0.0793. The third kappa shape index (κ3) is 4.09. The van der Waals surface area contributed by atoms with Crippen molar-refractivity contribution in [3.05, 3.63) is 12.2 Å². The van der Waals surface area contributed by atoms with Crippen molar-refractivity contribution in [1.29, 1.82) is 0 Å². The molecule has 5 rings (SSSR count). The monoisotopic (exact) mass is 428 g/mol. The van der Waals surface area contributed by atoms with E-state index in [1.54, 1.807) is 0 Å². The average Bonchev–Trinajstić information content (AvgIpc) is 3.56. The summed E-state index contributed by atoms with van der Waals surface area (Å²) in [6, 6.07) is 0. The zero-order valence-corrected chi connectivity index (χ0v) is 19.4. The first-order valence-electron chi connectivity index (χ1n) is 12.9. The van der Waals surface area contributed by atoms with Gasteiger partial charge in [-0.25, -0.2) is 0 Å². The second-order valence-electron chi connectivity index (χ2n) is 11.9. The molecule has 4 nitrogen and oxygen atoms in total. The van der Waals surface area contributed by atoms with Gasteiger partial charge < -0.3 is 9.47 Å². The number of unbranched alkanes of at least 4 members (excludes halogenated alkanes) is 1. The molecule has 0 N–H and O–H groups in total. The summed E-state index contributed by atoms with van der Waals surface area (Å²) in [6.45, 7) is 5.41. The lowest BCUT2D eigenvalue weighted by molar-refractivity contribution is -0.152. The maximum atomic E-state index is 12.7. The van der Waals surface area contributed by atoms with Crippen molar-refractivity contribution in [2.75, 3.05) is 13.2 Å². The lowest BCUT2D eigenvalue weighted by Crippen LogP contribution is -2.35. The molecule has 0 aromatic heterocycles. The number of hydrogen-bond acceptors (Lipinski definition) is 4. The van der Waals surface area contributed by atoms with Gasteiger partial charge in [-0.2, -0.15) is 0 Å². The summed E-state index contributed by atoms with van der Waals surface area (Å²) >= 11 is 0. The Bertz CT molecular complexity index is 719. The number of carbonyl (C=O) groups excluding carboxylic acids is 2. The number of allylic oxidation sites excluding steroid dienone is 2. The SMILES string of the molecule is CC(C)(COC(=O)CCCCOC(=O)C1CC2CC1C1C3C=CC(C3)C21)C1CCCC1. The van der Waals surface area contributed by atoms with Crippen LogP contribution < -0.4 is 0 Å². The van der Waals surface area contributed by atoms with Gasteiger partial charge in [0, 0.05) is 11.8 Å². The van der Waals surface area contributed by atoms with Gasteiger partial charge in [-0.1, -0.05) is 38.8 Å². The van der Waals surface area contributed by atoms with E-state index in [9.17, 15) is 9.59 Å². The van der Waals surface area contributed by atoms with Crippen molar-refractivity contribution in [2.24, 2.45) is 52.8 Å². The van der Waals surface area contributed by atoms with E-state index < -0.39 is 0 Å². The van der Waals surface area contributed by atoms with Gasteiger partial charge in [-0.15, -0.1) is 0 Å². The average molecular weight is 429 g/mol. The molecule has 7 unspecified atom stereocenters. The van der Waals surface area contributed by atoms with Crippen LogP contribution in [0, 0.1) is 52.8 Å². The van der Waals surface area contributed by atoms with Crippen molar-refractivity contribution < 1.29 is 19.1 Å². The number of hydrogen-bond donors (Lipinski definition) is 0. The Hall–Kier alpha value is -1.32. The molecule has 0 radical (unpaired) electrons. The fourth-order valence-corrected chi connectivity index (χ4v) is 8.10. The number of fused-ring (bicyclic) bond motifs is 9. The Morgan fingerprint density at radius 3 is 2.45 bits per heavy atom. The molecule has 0 aromatic carbocycles. The first-order valence-corrected chi connectivity index (χ1v) is 12.9. The van der Waals surface area contributed by atoms with Gasteiger partial charge in [0.2, 0.25) is 0 Å². The van der Waals surface area contributed by atoms with Gasteiger partial charge in [0.25, 0.3) is 0 Å². The van der Waals surface area contributed by atoms with Crippen molar-refractivity contribution >= 4 is 11.9 Å². The van der Waals surface area contributed by atoms with Crippen LogP contribution in [0.4, 0.5) is 0 Å². The highest BCUT2D eigenvalue weighted by Gasteiger charge is 2.62. The van der Waals surface area contributed by atoms with Crippen LogP contribution in [0.25, 0.3) is 0 Å². The van der Waals surface area contributed by atoms with Gasteiger partial charge in [-0.3, -0.25) is 9.59 Å². The molecule has 5 aliphatic rings. The fourth-order valence-electron chi connectivity index (χ4n) is 8.10. The molecule has 4 saturated carbocycles. The largest absolute Gasteiger partial charge is 0.465 e. The van der Waals surface area contributed by atoms with Crippen molar-refractivity contribution in [1.82, 2.24) is 0 Å². The Morgan fingerprint density at radius 1 is 0.935 bits per heavy atom. The quantitative estimate of drug-likeness (QED) is 0.209. The summed E-state index contributed by atoms with van der Waals surface area (Å²) in [5, 5.41) is 0. The number of ether oxygens (including phenoxy) is 2. The molecular weight excluding hydrogens is 388 g/mol. The summed E-state index contributed by atoms with van der Waals surface area (Å²) in [4.78, 5) is 24.9. The third-order valence-electron chi connectivity index (χ3n) is 9.66. The van der Waals surface area contributed by atoms with Crippen LogP contribution in [0.5, 0.6) is 0 Å². The summed E-state index contributed by atoms with van der Waals surface area (Å²) in [5.74, 6) is 5.15. The first kappa shape index (κ1) is 21.5. The Labute approximate surface area is 187 Å². The minimum Gasteiger partial charge on any atom is -0.465 e. The molecule has 0 spiro atoms. The molecule has 4 heteroatoms. The molecule has 0 heterocycles. The van der Waals surface area contributed by atoms with E-state index in [0.717, 1.165) is 48.9 Å². The molecule has 0 saturated heterocycles. The predicted octanol–water partition coefficient (Wildman–Crippen LogP) is 5.55. The Morgan fingerprint density at radius 2 is 1.68 bits per heavy atom. The van der Waals surface area contributed by atoms with Crippen LogP contribution in [0.1, 0.15) is 78.1 Å². The maximum absolute atomic E-state index is 12.7. The highest BCUT2D eigenvalue weighted by molar-refractivity contribution is 5.73. The van der Waals surface area contributed by atoms with Crippen molar-refractivity contribution in [3.63, 3.8) is 0 Å². The van der Waals surface area contributed by atoms with E-state index in [0.29, 0.717) is 31.5 Å². The summed E-state index contributed by atoms with van der Waals surface area (Å²) < 4.78 is 11.2. The molecule has 172 valence electrons. The van der Waals surface area contributed by atoms with E-state index in [1.165, 1.54) is 38.5 Å². The molecule has 5 aliphatic carbocycles. The number of carbonyl (C=O) groups is 2. The van der Waals surface area contributed by atoms with Gasteiger partial charge in [-0.05, 0) is 86.4 Å². The highest BCUT2D eigenvalue weighted by Crippen LogP contribution is 2.67. The van der Waals surface area contributed by atoms with Crippen LogP contribution in [-0.4, -0.2) is 25.2 Å². The Kier molecular flexibility index (Phi) is 5.94. The Balaban J connectivity index is 0.974. The van der Waals surface area contributed by atoms with Crippen LogP contribution in [-0.2, 0) is 19.1 Å². The third-order valence-corrected chi connectivity index (χ3v) is 9.66. The molecular formula is C27H40O4. The lowest BCUT2D eigenvalue weighted by Gasteiger charge is -2.35. The normalized spacial score (nSPS) is 38.1. The smallest absolute Gasteiger partial charge is 0.309 e. The molecule has 4 bridgehead atoms. The predicted molar refractivity (Wildman–Crippen MR) is 119 cm³/mol. The van der Waals surface area contributed by atoms with Crippen LogP contribution in [0.15, 0.2) is 12.2 Å². The van der Waals surface area contributed by atoms with Gasteiger partial charge in [0.15, 0.2) is 0 Å². The maximum Gasteiger partial charge on any atom is 0.309 e. The minimum absolute atomic E-state index is 0.0265. The van der Waals surface area contributed by atoms with E-state index in [-0.39, 0.29) is 23.3 Å². The molecule has 0 aliphatic heterocycles. The molecule has 31 heavy (non-hydrogen) atoms. The number of esters is 2. The van der Waals surface area contributed by atoms with E-state index in [4.69, 9.17) is 9.47 Å². The summed E-state index contributed by atoms with van der Waals surface area (Å²) in [7, 11) is 0. The van der Waals surface area contributed by atoms with Crippen LogP contribution in [0.2, 0.25) is 0 Å². The second-order valence-corrected chi connectivity index (χ2v) is 11.9. The minimum atomic E-state index is -0.110. The molecule has 0 aromatic rings. The highest BCUT2D eigenvalue weighted by atomic mass is 16.5. The van der Waals surface area contributed by atoms with Crippen molar-refractivity contribution in [3.8, 4) is 0 Å². The zero-order chi connectivity index (χ0) is 21.6. The van der Waals surface area contributed by atoms with Gasteiger partial charge in [0.05, 0.1) is 19.1 Å². The fraction of sp³-hybridized carbons (Fsp3) is 0.852. The lowest BCUT2D eigenvalue weighted by atomic mass is 9.69. The standard InChI is InChI=1S/C27H40O4/c1-27(2,20-7-3-4-8-20)16-31-23(28)9-5-6-12-30-26(29)22-15-19-14-21(22)25-18-11-10-17(13-18)24(19)25/h10-11,17-22,24-25H,3-9,12-16H2,1-2H3. The molecule has 4 fully saturated rings. The first-order chi connectivity index (χ1) is 14.9. The van der Waals surface area contributed by atoms with E-state index >= 15 is 0 Å². The van der Waals surface area contributed by atoms with Crippen LogP contribution >= 0.6 is 0 Å². The topological polar surface area (TPSA) is 52.6 Å². The van der Waals surface area contributed by atoms with Crippen molar-refractivity contribution in [2.45, 2.75) is 78.1 Å². The summed E-state index contributed by atoms with van der Waals surface area (Å²) in [6.07, 6.45) is 15.5. The van der Waals surface area contributed by atoms with E-state index in [2.05, 4.69) is 26.0 Å². The molecule has 7 atom stereocenters. The zero-order valence-electron chi connectivity index (χ0n) is 19.4. The molecule has 0 amide bonds. The van der Waals surface area contributed by atoms with Gasteiger partial charge in [0.1, 0.15) is 0 Å². The second kappa shape index (κ2) is 8.56. The number of rotatable bonds is 9. The van der Waals surface area contributed by atoms with E-state index in [1.807, 2.05) is 0 Å².